The van der Waals surface area contributed by atoms with Gasteiger partial charge in [-0.15, -0.1) is 0 Å². The van der Waals surface area contributed by atoms with Crippen LogP contribution < -0.4 is 5.32 Å². The molecule has 3 atom stereocenters. The zero-order valence-electron chi connectivity index (χ0n) is 16.3. The molecule has 6 heteroatoms. The van der Waals surface area contributed by atoms with Crippen LogP contribution in [0.15, 0.2) is 54.6 Å². The van der Waals surface area contributed by atoms with Crippen molar-refractivity contribution in [2.24, 2.45) is 0 Å². The second kappa shape index (κ2) is 8.07. The minimum Gasteiger partial charge on any atom is -0.433 e. The molecule has 29 heavy (non-hydrogen) atoms. The lowest BCUT2D eigenvalue weighted by atomic mass is 10.1. The molecular formula is C23H24N2O4. The summed E-state index contributed by atoms with van der Waals surface area (Å²) in [4.78, 5) is 39.1. The van der Waals surface area contributed by atoms with Gasteiger partial charge in [0.1, 0.15) is 6.04 Å². The molecule has 2 amide bonds. The van der Waals surface area contributed by atoms with Gasteiger partial charge in [-0.25, -0.2) is 4.79 Å². The highest BCUT2D eigenvalue weighted by Gasteiger charge is 2.46. The van der Waals surface area contributed by atoms with Gasteiger partial charge in [0.2, 0.25) is 18.0 Å². The number of amides is 2. The maximum Gasteiger partial charge on any atom is 0.340 e. The molecule has 6 nitrogen and oxygen atoms in total. The Labute approximate surface area is 169 Å². The van der Waals surface area contributed by atoms with Crippen LogP contribution in [0.4, 0.5) is 0 Å². The number of aryl methyl sites for hydroxylation is 1. The number of likely N-dealkylation sites (tertiary alicyclic amines) is 1. The Bertz CT molecular complexity index is 927. The van der Waals surface area contributed by atoms with E-state index < -0.39 is 18.2 Å². The molecule has 1 N–H and O–H groups in total. The molecule has 150 valence electrons. The highest BCUT2D eigenvalue weighted by Crippen LogP contribution is 2.38. The number of hydrogen-bond acceptors (Lipinski definition) is 4. The Balaban J connectivity index is 1.43. The molecule has 0 bridgehead atoms. The maximum absolute atomic E-state index is 12.9. The largest absolute Gasteiger partial charge is 0.433 e. The van der Waals surface area contributed by atoms with Gasteiger partial charge in [-0.3, -0.25) is 14.5 Å². The molecule has 0 radical (unpaired) electrons. The zero-order chi connectivity index (χ0) is 20.4. The minimum absolute atomic E-state index is 0.0290. The van der Waals surface area contributed by atoms with Gasteiger partial charge in [0.25, 0.3) is 0 Å². The number of nitrogens with zero attached hydrogens (tertiary/aromatic N) is 1. The number of nitrogens with one attached hydrogen (secondary N) is 1. The monoisotopic (exact) mass is 392 g/mol. The van der Waals surface area contributed by atoms with Crippen LogP contribution in [-0.4, -0.2) is 34.8 Å². The molecule has 1 fully saturated rings. The van der Waals surface area contributed by atoms with E-state index >= 15 is 0 Å². The minimum atomic E-state index is -0.830. The molecule has 0 aliphatic carbocycles. The van der Waals surface area contributed by atoms with Crippen LogP contribution in [0.25, 0.3) is 0 Å². The normalized spacial score (nSPS) is 21.6. The summed E-state index contributed by atoms with van der Waals surface area (Å²) in [5, 5.41) is 3.03. The first kappa shape index (κ1) is 19.2. The molecule has 2 aliphatic heterocycles. The van der Waals surface area contributed by atoms with Crippen LogP contribution in [0.3, 0.4) is 0 Å². The number of hydrogen-bond donors (Lipinski definition) is 1. The number of esters is 1. The lowest BCUT2D eigenvalue weighted by Gasteiger charge is -2.30. The molecule has 2 aromatic carbocycles. The number of carbonyl (C=O) groups excluding carboxylic acids is 3. The Morgan fingerprint density at radius 2 is 1.86 bits per heavy atom. The highest BCUT2D eigenvalue weighted by molar-refractivity contribution is 5.96. The number of benzene rings is 2. The van der Waals surface area contributed by atoms with Crippen molar-refractivity contribution in [3.8, 4) is 0 Å². The third-order valence-corrected chi connectivity index (χ3v) is 5.57. The fourth-order valence-corrected chi connectivity index (χ4v) is 4.03. The zero-order valence-corrected chi connectivity index (χ0v) is 16.3. The number of carbonyl (C=O) groups is 3. The summed E-state index contributed by atoms with van der Waals surface area (Å²) < 4.78 is 5.46. The van der Waals surface area contributed by atoms with E-state index in [1.165, 1.54) is 10.5 Å². The number of fused-ring (bicyclic) bond motifs is 1. The Morgan fingerprint density at radius 3 is 2.66 bits per heavy atom. The average molecular weight is 392 g/mol. The lowest BCUT2D eigenvalue weighted by molar-refractivity contribution is -0.146. The van der Waals surface area contributed by atoms with E-state index in [-0.39, 0.29) is 24.3 Å². The van der Waals surface area contributed by atoms with E-state index in [4.69, 9.17) is 4.74 Å². The molecule has 0 aromatic heterocycles. The van der Waals surface area contributed by atoms with Crippen LogP contribution in [0.1, 0.15) is 53.9 Å². The van der Waals surface area contributed by atoms with Crippen molar-refractivity contribution in [1.29, 1.82) is 0 Å². The van der Waals surface area contributed by atoms with Crippen molar-refractivity contribution >= 4 is 17.8 Å². The standard InChI is InChI=1S/C23H24N2O4/c1-15(11-12-16-7-3-2-4-8-16)24-21(27)19-13-14-20(26)25(19)22-17-9-5-6-10-18(17)23(28)29-22/h2-10,15,19,22H,11-14H2,1H3,(H,24,27)/t15-,19-,22+/m1/s1. The Hall–Kier alpha value is -3.15. The Morgan fingerprint density at radius 1 is 1.14 bits per heavy atom. The summed E-state index contributed by atoms with van der Waals surface area (Å²) in [6.07, 6.45) is 1.53. The van der Waals surface area contributed by atoms with Gasteiger partial charge in [-0.2, -0.15) is 0 Å². The van der Waals surface area contributed by atoms with Crippen molar-refractivity contribution in [3.63, 3.8) is 0 Å². The average Bonchev–Trinajstić information content (AvgIpc) is 3.27. The van der Waals surface area contributed by atoms with E-state index in [0.717, 1.165) is 12.8 Å². The second-order valence-corrected chi connectivity index (χ2v) is 7.63. The molecule has 0 saturated carbocycles. The first-order chi connectivity index (χ1) is 14.0. The van der Waals surface area contributed by atoms with Crippen LogP contribution in [-0.2, 0) is 20.7 Å². The fourth-order valence-electron chi connectivity index (χ4n) is 4.03. The summed E-state index contributed by atoms with van der Waals surface area (Å²) in [6, 6.07) is 16.5. The first-order valence-corrected chi connectivity index (χ1v) is 10.00. The predicted molar refractivity (Wildman–Crippen MR) is 107 cm³/mol. The summed E-state index contributed by atoms with van der Waals surface area (Å²) in [5.74, 6) is -0.825. The predicted octanol–water partition coefficient (Wildman–Crippen LogP) is 2.98. The molecule has 2 aliphatic rings. The smallest absolute Gasteiger partial charge is 0.340 e. The van der Waals surface area contributed by atoms with Crippen molar-refractivity contribution in [2.45, 2.75) is 50.9 Å². The molecule has 2 aromatic rings. The van der Waals surface area contributed by atoms with Crippen LogP contribution >= 0.6 is 0 Å². The van der Waals surface area contributed by atoms with Crippen LogP contribution in [0.5, 0.6) is 0 Å². The van der Waals surface area contributed by atoms with E-state index in [2.05, 4.69) is 17.4 Å². The van der Waals surface area contributed by atoms with Crippen molar-refractivity contribution in [3.05, 3.63) is 71.3 Å². The fraction of sp³-hybridized carbons (Fsp3) is 0.348. The van der Waals surface area contributed by atoms with Gasteiger partial charge in [0.05, 0.1) is 5.56 Å². The van der Waals surface area contributed by atoms with Gasteiger partial charge >= 0.3 is 5.97 Å². The second-order valence-electron chi connectivity index (χ2n) is 7.63. The third-order valence-electron chi connectivity index (χ3n) is 5.57. The quantitative estimate of drug-likeness (QED) is 0.767. The van der Waals surface area contributed by atoms with Gasteiger partial charge < -0.3 is 10.1 Å². The van der Waals surface area contributed by atoms with E-state index in [1.54, 1.807) is 24.3 Å². The third kappa shape index (κ3) is 3.88. The molecule has 1 saturated heterocycles. The SMILES string of the molecule is C[C@H](CCc1ccccc1)NC(=O)[C@H]1CCC(=O)N1[C@H]1OC(=O)c2ccccc21. The van der Waals surface area contributed by atoms with Gasteiger partial charge in [-0.1, -0.05) is 48.5 Å². The van der Waals surface area contributed by atoms with E-state index in [9.17, 15) is 14.4 Å². The van der Waals surface area contributed by atoms with Gasteiger partial charge in [0, 0.05) is 18.0 Å². The molecule has 2 heterocycles. The van der Waals surface area contributed by atoms with Gasteiger partial charge in [0.15, 0.2) is 0 Å². The van der Waals surface area contributed by atoms with Crippen molar-refractivity contribution in [1.82, 2.24) is 10.2 Å². The van der Waals surface area contributed by atoms with Crippen LogP contribution in [0.2, 0.25) is 0 Å². The summed E-state index contributed by atoms with van der Waals surface area (Å²) >= 11 is 0. The molecule has 0 unspecified atom stereocenters. The molecule has 4 rings (SSSR count). The number of ether oxygens (including phenoxy) is 1. The Kier molecular flexibility index (Phi) is 5.34. The van der Waals surface area contributed by atoms with Gasteiger partial charge in [-0.05, 0) is 37.8 Å². The molecule has 0 spiro atoms. The number of rotatable bonds is 6. The molecular weight excluding hydrogens is 368 g/mol. The lowest BCUT2D eigenvalue weighted by Crippen LogP contribution is -2.48. The van der Waals surface area contributed by atoms with E-state index in [1.807, 2.05) is 25.1 Å². The number of cyclic esters (lactones) is 1. The summed E-state index contributed by atoms with van der Waals surface area (Å²) in [7, 11) is 0. The van der Waals surface area contributed by atoms with Crippen molar-refractivity contribution in [2.75, 3.05) is 0 Å². The summed E-state index contributed by atoms with van der Waals surface area (Å²) in [5.41, 5.74) is 2.32. The topological polar surface area (TPSA) is 75.7 Å². The first-order valence-electron chi connectivity index (χ1n) is 10.00. The van der Waals surface area contributed by atoms with Crippen molar-refractivity contribution < 1.29 is 19.1 Å². The maximum atomic E-state index is 12.9. The van der Waals surface area contributed by atoms with E-state index in [0.29, 0.717) is 17.5 Å². The summed E-state index contributed by atoms with van der Waals surface area (Å²) in [6.45, 7) is 1.97. The van der Waals surface area contributed by atoms with Crippen LogP contribution in [0, 0.1) is 0 Å². The highest BCUT2D eigenvalue weighted by atomic mass is 16.6.